The molecule has 0 aromatic heterocycles. The van der Waals surface area contributed by atoms with Gasteiger partial charge in [-0.05, 0) is 43.4 Å². The molecule has 132 valence electrons. The predicted molar refractivity (Wildman–Crippen MR) is 95.0 cm³/mol. The first kappa shape index (κ1) is 20.0. The molecule has 0 spiro atoms. The quantitative estimate of drug-likeness (QED) is 0.428. The number of hydrogen-bond donors (Lipinski definition) is 0. The van der Waals surface area contributed by atoms with Crippen LogP contribution >= 0.6 is 0 Å². The van der Waals surface area contributed by atoms with E-state index in [2.05, 4.69) is 27.7 Å². The second kappa shape index (κ2) is 12.4. The molecule has 0 aromatic carbocycles. The van der Waals surface area contributed by atoms with Gasteiger partial charge in [-0.1, -0.05) is 66.2 Å². The Labute approximate surface area is 139 Å². The Morgan fingerprint density at radius 2 is 1.50 bits per heavy atom. The van der Waals surface area contributed by atoms with Gasteiger partial charge >= 0.3 is 0 Å². The van der Waals surface area contributed by atoms with Gasteiger partial charge in [-0.2, -0.15) is 0 Å². The van der Waals surface area contributed by atoms with Gasteiger partial charge < -0.3 is 9.47 Å². The highest BCUT2D eigenvalue weighted by molar-refractivity contribution is 4.60. The molecule has 1 rings (SSSR count). The van der Waals surface area contributed by atoms with Crippen molar-refractivity contribution in [1.82, 2.24) is 0 Å². The van der Waals surface area contributed by atoms with E-state index < -0.39 is 0 Å². The normalized spacial score (nSPS) is 22.0. The van der Waals surface area contributed by atoms with E-state index in [9.17, 15) is 0 Å². The third kappa shape index (κ3) is 10.6. The summed E-state index contributed by atoms with van der Waals surface area (Å²) in [5, 5.41) is 0. The highest BCUT2D eigenvalue weighted by atomic mass is 16.7. The molecule has 0 aromatic rings. The summed E-state index contributed by atoms with van der Waals surface area (Å²) in [5.74, 6) is 2.55. The first-order valence-electron chi connectivity index (χ1n) is 9.81. The SMILES string of the molecule is CC(C)CCC[C@@H](C)CCC[C@H](C)CCOC1CCCCO1. The summed E-state index contributed by atoms with van der Waals surface area (Å²) in [6.07, 6.45) is 13.1. The van der Waals surface area contributed by atoms with E-state index in [-0.39, 0.29) is 6.29 Å². The Bertz CT molecular complexity index is 246. The maximum atomic E-state index is 5.83. The molecule has 1 heterocycles. The van der Waals surface area contributed by atoms with Crippen LogP contribution in [-0.4, -0.2) is 19.5 Å². The molecule has 0 radical (unpaired) electrons. The molecule has 0 saturated carbocycles. The lowest BCUT2D eigenvalue weighted by Gasteiger charge is -2.23. The molecule has 3 atom stereocenters. The third-order valence-electron chi connectivity index (χ3n) is 4.92. The Balaban J connectivity index is 1.92. The van der Waals surface area contributed by atoms with Crippen LogP contribution in [0.4, 0.5) is 0 Å². The van der Waals surface area contributed by atoms with Gasteiger partial charge in [0, 0.05) is 13.2 Å². The molecule has 0 amide bonds. The summed E-state index contributed by atoms with van der Waals surface area (Å²) in [4.78, 5) is 0. The maximum absolute atomic E-state index is 5.83. The molecule has 1 aliphatic rings. The zero-order chi connectivity index (χ0) is 16.2. The molecule has 2 heteroatoms. The first-order valence-corrected chi connectivity index (χ1v) is 9.81. The average molecular weight is 313 g/mol. The van der Waals surface area contributed by atoms with Crippen LogP contribution in [0.1, 0.15) is 91.9 Å². The molecule has 0 aliphatic carbocycles. The summed E-state index contributed by atoms with van der Waals surface area (Å²) in [7, 11) is 0. The average Bonchev–Trinajstić information content (AvgIpc) is 2.48. The van der Waals surface area contributed by atoms with E-state index in [0.717, 1.165) is 37.4 Å². The highest BCUT2D eigenvalue weighted by Gasteiger charge is 2.14. The molecule has 1 unspecified atom stereocenters. The standard InChI is InChI=1S/C20H40O2/c1-17(2)9-7-10-18(3)11-8-12-19(4)14-16-22-20-13-5-6-15-21-20/h17-20H,5-16H2,1-4H3/t18-,19+,20?/m1/s1. The Kier molecular flexibility index (Phi) is 11.2. The smallest absolute Gasteiger partial charge is 0.157 e. The molecular weight excluding hydrogens is 272 g/mol. The molecule has 1 aliphatic heterocycles. The topological polar surface area (TPSA) is 18.5 Å². The van der Waals surface area contributed by atoms with E-state index in [1.165, 1.54) is 57.8 Å². The van der Waals surface area contributed by atoms with Gasteiger partial charge in [0.2, 0.25) is 0 Å². The minimum atomic E-state index is 0.0851. The number of ether oxygens (including phenoxy) is 2. The van der Waals surface area contributed by atoms with Crippen LogP contribution in [-0.2, 0) is 9.47 Å². The fraction of sp³-hybridized carbons (Fsp3) is 1.00. The molecule has 0 N–H and O–H groups in total. The van der Waals surface area contributed by atoms with Crippen molar-refractivity contribution in [3.63, 3.8) is 0 Å². The maximum Gasteiger partial charge on any atom is 0.157 e. The van der Waals surface area contributed by atoms with Gasteiger partial charge in [-0.15, -0.1) is 0 Å². The van der Waals surface area contributed by atoms with Crippen molar-refractivity contribution in [2.45, 2.75) is 98.2 Å². The van der Waals surface area contributed by atoms with Crippen LogP contribution in [0.3, 0.4) is 0 Å². The summed E-state index contributed by atoms with van der Waals surface area (Å²) >= 11 is 0. The van der Waals surface area contributed by atoms with Gasteiger partial charge in [0.1, 0.15) is 0 Å². The van der Waals surface area contributed by atoms with E-state index in [4.69, 9.17) is 9.47 Å². The van der Waals surface area contributed by atoms with Crippen molar-refractivity contribution in [2.24, 2.45) is 17.8 Å². The largest absolute Gasteiger partial charge is 0.353 e. The summed E-state index contributed by atoms with van der Waals surface area (Å²) in [6.45, 7) is 11.2. The van der Waals surface area contributed by atoms with E-state index in [1.54, 1.807) is 0 Å². The van der Waals surface area contributed by atoms with Crippen molar-refractivity contribution in [2.75, 3.05) is 13.2 Å². The molecule has 1 saturated heterocycles. The van der Waals surface area contributed by atoms with Crippen LogP contribution in [0.2, 0.25) is 0 Å². The minimum Gasteiger partial charge on any atom is -0.353 e. The second-order valence-electron chi connectivity index (χ2n) is 7.92. The van der Waals surface area contributed by atoms with Crippen LogP contribution in [0, 0.1) is 17.8 Å². The second-order valence-corrected chi connectivity index (χ2v) is 7.92. The van der Waals surface area contributed by atoms with Crippen LogP contribution in [0.25, 0.3) is 0 Å². The van der Waals surface area contributed by atoms with Gasteiger partial charge in [-0.25, -0.2) is 0 Å². The van der Waals surface area contributed by atoms with E-state index >= 15 is 0 Å². The number of hydrogen-bond acceptors (Lipinski definition) is 2. The fourth-order valence-electron chi connectivity index (χ4n) is 3.22. The molecule has 0 bridgehead atoms. The van der Waals surface area contributed by atoms with Crippen LogP contribution in [0.15, 0.2) is 0 Å². The zero-order valence-corrected chi connectivity index (χ0v) is 15.6. The highest BCUT2D eigenvalue weighted by Crippen LogP contribution is 2.21. The van der Waals surface area contributed by atoms with Crippen molar-refractivity contribution < 1.29 is 9.47 Å². The summed E-state index contributed by atoms with van der Waals surface area (Å²) in [6, 6.07) is 0. The van der Waals surface area contributed by atoms with E-state index in [1.807, 2.05) is 0 Å². The van der Waals surface area contributed by atoms with E-state index in [0.29, 0.717) is 0 Å². The molecular formula is C20H40O2. The monoisotopic (exact) mass is 312 g/mol. The fourth-order valence-corrected chi connectivity index (χ4v) is 3.22. The van der Waals surface area contributed by atoms with Gasteiger partial charge in [0.25, 0.3) is 0 Å². The van der Waals surface area contributed by atoms with Crippen LogP contribution in [0.5, 0.6) is 0 Å². The number of rotatable bonds is 12. The Morgan fingerprint density at radius 3 is 2.09 bits per heavy atom. The van der Waals surface area contributed by atoms with Crippen molar-refractivity contribution in [3.8, 4) is 0 Å². The lowest BCUT2D eigenvalue weighted by Crippen LogP contribution is -2.23. The molecule has 1 fully saturated rings. The van der Waals surface area contributed by atoms with Crippen molar-refractivity contribution in [3.05, 3.63) is 0 Å². The van der Waals surface area contributed by atoms with Gasteiger partial charge in [0.05, 0.1) is 0 Å². The molecule has 22 heavy (non-hydrogen) atoms. The minimum absolute atomic E-state index is 0.0851. The summed E-state index contributed by atoms with van der Waals surface area (Å²) < 4.78 is 11.4. The Morgan fingerprint density at radius 1 is 0.864 bits per heavy atom. The zero-order valence-electron chi connectivity index (χ0n) is 15.6. The Hall–Kier alpha value is -0.0800. The van der Waals surface area contributed by atoms with Crippen molar-refractivity contribution >= 4 is 0 Å². The van der Waals surface area contributed by atoms with Gasteiger partial charge in [-0.3, -0.25) is 0 Å². The predicted octanol–water partition coefficient (Wildman–Crippen LogP) is 6.19. The van der Waals surface area contributed by atoms with Gasteiger partial charge in [0.15, 0.2) is 6.29 Å². The lowest BCUT2D eigenvalue weighted by atomic mass is 9.93. The molecule has 2 nitrogen and oxygen atoms in total. The first-order chi connectivity index (χ1) is 10.6. The lowest BCUT2D eigenvalue weighted by molar-refractivity contribution is -0.164. The van der Waals surface area contributed by atoms with Crippen molar-refractivity contribution in [1.29, 1.82) is 0 Å². The third-order valence-corrected chi connectivity index (χ3v) is 4.92. The summed E-state index contributed by atoms with van der Waals surface area (Å²) in [5.41, 5.74) is 0. The van der Waals surface area contributed by atoms with Crippen LogP contribution < -0.4 is 0 Å².